The lowest BCUT2D eigenvalue weighted by Crippen LogP contribution is -2.10. The smallest absolute Gasteiger partial charge is 0.357 e. The van der Waals surface area contributed by atoms with Crippen molar-refractivity contribution in [1.82, 2.24) is 4.98 Å². The number of aryl methyl sites for hydroxylation is 1. The standard InChI is InChI=1S/C11H15NO4/c1-5-16-11(13)9-7(2)6-8(14-3)10(12-9)15-4/h6H,5H2,1-4H3. The van der Waals surface area contributed by atoms with Crippen LogP contribution in [-0.4, -0.2) is 31.8 Å². The number of hydrogen-bond acceptors (Lipinski definition) is 5. The predicted octanol–water partition coefficient (Wildman–Crippen LogP) is 1.58. The molecule has 0 saturated carbocycles. The van der Waals surface area contributed by atoms with Gasteiger partial charge in [0.2, 0.25) is 0 Å². The maximum atomic E-state index is 11.6. The highest BCUT2D eigenvalue weighted by Gasteiger charge is 2.16. The van der Waals surface area contributed by atoms with E-state index in [1.165, 1.54) is 14.2 Å². The maximum Gasteiger partial charge on any atom is 0.357 e. The van der Waals surface area contributed by atoms with E-state index in [0.29, 0.717) is 17.9 Å². The van der Waals surface area contributed by atoms with E-state index in [1.807, 2.05) is 0 Å². The molecule has 0 unspecified atom stereocenters. The van der Waals surface area contributed by atoms with Crippen LogP contribution < -0.4 is 9.47 Å². The summed E-state index contributed by atoms with van der Waals surface area (Å²) in [6, 6.07) is 1.69. The van der Waals surface area contributed by atoms with Gasteiger partial charge in [0.1, 0.15) is 0 Å². The van der Waals surface area contributed by atoms with Crippen molar-refractivity contribution >= 4 is 5.97 Å². The molecular weight excluding hydrogens is 210 g/mol. The van der Waals surface area contributed by atoms with Crippen LogP contribution in [0.2, 0.25) is 0 Å². The molecule has 0 amide bonds. The summed E-state index contributed by atoms with van der Waals surface area (Å²) < 4.78 is 15.0. The first-order chi connectivity index (χ1) is 7.63. The Morgan fingerprint density at radius 3 is 2.56 bits per heavy atom. The van der Waals surface area contributed by atoms with Crippen molar-refractivity contribution in [3.05, 3.63) is 17.3 Å². The topological polar surface area (TPSA) is 57.7 Å². The second kappa shape index (κ2) is 5.34. The Hall–Kier alpha value is -1.78. The van der Waals surface area contributed by atoms with Gasteiger partial charge >= 0.3 is 5.97 Å². The molecule has 0 fully saturated rings. The second-order valence-corrected chi connectivity index (χ2v) is 3.09. The van der Waals surface area contributed by atoms with Crippen LogP contribution in [0.15, 0.2) is 6.07 Å². The van der Waals surface area contributed by atoms with E-state index >= 15 is 0 Å². The fourth-order valence-corrected chi connectivity index (χ4v) is 1.27. The summed E-state index contributed by atoms with van der Waals surface area (Å²) in [6.45, 7) is 3.82. The zero-order chi connectivity index (χ0) is 12.1. The summed E-state index contributed by atoms with van der Waals surface area (Å²) in [7, 11) is 2.98. The van der Waals surface area contributed by atoms with E-state index in [9.17, 15) is 4.79 Å². The summed E-state index contributed by atoms with van der Waals surface area (Å²) in [6.07, 6.45) is 0. The quantitative estimate of drug-likeness (QED) is 0.728. The Labute approximate surface area is 94.3 Å². The third-order valence-electron chi connectivity index (χ3n) is 2.03. The van der Waals surface area contributed by atoms with E-state index in [0.717, 1.165) is 0 Å². The molecule has 0 spiro atoms. The lowest BCUT2D eigenvalue weighted by atomic mass is 10.2. The third kappa shape index (κ3) is 2.42. The summed E-state index contributed by atoms with van der Waals surface area (Å²) in [5.74, 6) is 0.310. The first-order valence-corrected chi connectivity index (χ1v) is 4.90. The molecule has 16 heavy (non-hydrogen) atoms. The lowest BCUT2D eigenvalue weighted by Gasteiger charge is -2.10. The molecule has 5 nitrogen and oxygen atoms in total. The van der Waals surface area contributed by atoms with Gasteiger partial charge in [0.05, 0.1) is 20.8 Å². The Bertz CT molecular complexity index is 390. The number of ether oxygens (including phenoxy) is 3. The van der Waals surface area contributed by atoms with Crippen LogP contribution in [0.3, 0.4) is 0 Å². The zero-order valence-corrected chi connectivity index (χ0v) is 9.86. The minimum absolute atomic E-state index is 0.250. The first-order valence-electron chi connectivity index (χ1n) is 4.90. The van der Waals surface area contributed by atoms with Crippen LogP contribution in [0.1, 0.15) is 23.0 Å². The number of pyridine rings is 1. The van der Waals surface area contributed by atoms with Crippen LogP contribution >= 0.6 is 0 Å². The van der Waals surface area contributed by atoms with Crippen LogP contribution in [0.4, 0.5) is 0 Å². The summed E-state index contributed by atoms with van der Waals surface area (Å²) in [5.41, 5.74) is 0.940. The third-order valence-corrected chi connectivity index (χ3v) is 2.03. The average molecular weight is 225 g/mol. The van der Waals surface area contributed by atoms with Crippen LogP contribution in [-0.2, 0) is 4.74 Å². The molecule has 0 aliphatic heterocycles. The van der Waals surface area contributed by atoms with E-state index in [2.05, 4.69) is 4.98 Å². The molecule has 0 radical (unpaired) electrons. The van der Waals surface area contributed by atoms with Crippen molar-refractivity contribution < 1.29 is 19.0 Å². The van der Waals surface area contributed by atoms with E-state index in [4.69, 9.17) is 14.2 Å². The largest absolute Gasteiger partial charge is 0.491 e. The molecule has 1 aromatic rings. The number of rotatable bonds is 4. The van der Waals surface area contributed by atoms with Crippen molar-refractivity contribution in [2.24, 2.45) is 0 Å². The maximum absolute atomic E-state index is 11.6. The fraction of sp³-hybridized carbons (Fsp3) is 0.455. The Morgan fingerprint density at radius 2 is 2.06 bits per heavy atom. The Kier molecular flexibility index (Phi) is 4.10. The molecule has 88 valence electrons. The molecule has 0 N–H and O–H groups in total. The van der Waals surface area contributed by atoms with E-state index in [1.54, 1.807) is 19.9 Å². The first kappa shape index (κ1) is 12.3. The SMILES string of the molecule is CCOC(=O)c1nc(OC)c(OC)cc1C. The molecule has 0 aromatic carbocycles. The van der Waals surface area contributed by atoms with Crippen molar-refractivity contribution in [2.75, 3.05) is 20.8 Å². The molecule has 1 rings (SSSR count). The number of nitrogens with zero attached hydrogens (tertiary/aromatic N) is 1. The lowest BCUT2D eigenvalue weighted by molar-refractivity contribution is 0.0517. The molecule has 0 aliphatic carbocycles. The molecule has 0 bridgehead atoms. The van der Waals surface area contributed by atoms with Gasteiger partial charge in [-0.1, -0.05) is 0 Å². The molecule has 5 heteroatoms. The minimum atomic E-state index is -0.457. The highest BCUT2D eigenvalue weighted by molar-refractivity contribution is 5.89. The second-order valence-electron chi connectivity index (χ2n) is 3.09. The van der Waals surface area contributed by atoms with Crippen LogP contribution in [0.5, 0.6) is 11.6 Å². The number of methoxy groups -OCH3 is 2. The number of esters is 1. The van der Waals surface area contributed by atoms with Gasteiger partial charge in [-0.05, 0) is 25.5 Å². The molecule has 0 atom stereocenters. The van der Waals surface area contributed by atoms with Gasteiger partial charge in [-0.25, -0.2) is 9.78 Å². The van der Waals surface area contributed by atoms with Crippen molar-refractivity contribution in [2.45, 2.75) is 13.8 Å². The number of hydrogen-bond donors (Lipinski definition) is 0. The Morgan fingerprint density at radius 1 is 1.38 bits per heavy atom. The molecule has 1 aromatic heterocycles. The van der Waals surface area contributed by atoms with Crippen LogP contribution in [0.25, 0.3) is 0 Å². The van der Waals surface area contributed by atoms with Gasteiger partial charge in [-0.3, -0.25) is 0 Å². The van der Waals surface area contributed by atoms with Gasteiger partial charge in [-0.2, -0.15) is 0 Å². The number of carbonyl (C=O) groups excluding carboxylic acids is 1. The molecule has 0 aliphatic rings. The Balaban J connectivity index is 3.15. The summed E-state index contributed by atoms with van der Waals surface area (Å²) in [5, 5.41) is 0. The number of carbonyl (C=O) groups is 1. The van der Waals surface area contributed by atoms with Gasteiger partial charge in [0.15, 0.2) is 11.4 Å². The van der Waals surface area contributed by atoms with Crippen molar-refractivity contribution in [3.8, 4) is 11.6 Å². The predicted molar refractivity (Wildman–Crippen MR) is 58.0 cm³/mol. The number of aromatic nitrogens is 1. The minimum Gasteiger partial charge on any atom is -0.491 e. The molecule has 0 saturated heterocycles. The average Bonchev–Trinajstić information content (AvgIpc) is 2.28. The summed E-state index contributed by atoms with van der Waals surface area (Å²) >= 11 is 0. The van der Waals surface area contributed by atoms with E-state index in [-0.39, 0.29) is 11.6 Å². The zero-order valence-electron chi connectivity index (χ0n) is 9.86. The van der Waals surface area contributed by atoms with Gasteiger partial charge in [-0.15, -0.1) is 0 Å². The monoisotopic (exact) mass is 225 g/mol. The van der Waals surface area contributed by atoms with Gasteiger partial charge in [0.25, 0.3) is 5.88 Å². The summed E-state index contributed by atoms with van der Waals surface area (Å²) in [4.78, 5) is 15.6. The van der Waals surface area contributed by atoms with E-state index < -0.39 is 5.97 Å². The van der Waals surface area contributed by atoms with Gasteiger partial charge in [0, 0.05) is 0 Å². The highest BCUT2D eigenvalue weighted by Crippen LogP contribution is 2.26. The van der Waals surface area contributed by atoms with Crippen LogP contribution in [0, 0.1) is 6.92 Å². The normalized spacial score (nSPS) is 9.75. The fourth-order valence-electron chi connectivity index (χ4n) is 1.27. The van der Waals surface area contributed by atoms with Crippen molar-refractivity contribution in [3.63, 3.8) is 0 Å². The molecule has 1 heterocycles. The highest BCUT2D eigenvalue weighted by atomic mass is 16.5. The van der Waals surface area contributed by atoms with Gasteiger partial charge < -0.3 is 14.2 Å². The molecular formula is C11H15NO4. The van der Waals surface area contributed by atoms with Crippen molar-refractivity contribution in [1.29, 1.82) is 0 Å².